The maximum Gasteiger partial charge on any atom is 0.106 e. The summed E-state index contributed by atoms with van der Waals surface area (Å²) in [6.07, 6.45) is 0. The van der Waals surface area contributed by atoms with Gasteiger partial charge in [-0.1, -0.05) is 11.6 Å². The van der Waals surface area contributed by atoms with Crippen molar-refractivity contribution < 1.29 is 9.29 Å². The summed E-state index contributed by atoms with van der Waals surface area (Å²) in [6.45, 7) is 6.98. The Morgan fingerprint density at radius 1 is 1.28 bits per heavy atom. The van der Waals surface area contributed by atoms with Crippen molar-refractivity contribution in [2.45, 2.75) is 43.8 Å². The predicted octanol–water partition coefficient (Wildman–Crippen LogP) is 3.78. The molecule has 0 heterocycles. The normalized spacial score (nSPS) is 12.3. The second-order valence-corrected chi connectivity index (χ2v) is 6.26. The quantitative estimate of drug-likeness (QED) is 0.855. The van der Waals surface area contributed by atoms with Crippen molar-refractivity contribution >= 4 is 23.6 Å². The van der Waals surface area contributed by atoms with Crippen LogP contribution in [-0.4, -0.2) is 16.3 Å². The third kappa shape index (κ3) is 3.89. The van der Waals surface area contributed by atoms with Crippen LogP contribution in [0.4, 0.5) is 0 Å². The van der Waals surface area contributed by atoms with Crippen LogP contribution in [0.2, 0.25) is 5.02 Å². The monoisotopic (exact) mass is 285 g/mol. The minimum absolute atomic E-state index is 0.481. The predicted molar refractivity (Wildman–Crippen MR) is 73.5 cm³/mol. The number of rotatable bonds is 4. The first-order valence-electron chi connectivity index (χ1n) is 5.44. The van der Waals surface area contributed by atoms with Crippen molar-refractivity contribution in [1.82, 2.24) is 0 Å². The maximum atomic E-state index is 9.96. The number of hydrogen-bond acceptors (Lipinski definition) is 4. The van der Waals surface area contributed by atoms with E-state index >= 15 is 0 Å². The number of hydrogen-bond donors (Lipinski definition) is 1. The van der Waals surface area contributed by atoms with E-state index in [1.54, 1.807) is 45.9 Å². The molecule has 0 aliphatic carbocycles. The molecule has 1 aromatic carbocycles. The first-order valence-corrected chi connectivity index (χ1v) is 6.56. The lowest BCUT2D eigenvalue weighted by Gasteiger charge is -2.35. The number of benzene rings is 1. The molecule has 98 valence electrons. The fourth-order valence-electron chi connectivity index (χ4n) is 0.930. The Morgan fingerprint density at radius 3 is 2.39 bits per heavy atom. The van der Waals surface area contributed by atoms with Gasteiger partial charge in [0.2, 0.25) is 0 Å². The Kier molecular flexibility index (Phi) is 4.68. The van der Waals surface area contributed by atoms with Gasteiger partial charge in [-0.05, 0) is 45.9 Å². The van der Waals surface area contributed by atoms with Crippen LogP contribution >= 0.6 is 23.6 Å². The first kappa shape index (κ1) is 15.3. The molecule has 0 aromatic heterocycles. The summed E-state index contributed by atoms with van der Waals surface area (Å²) in [4.78, 5) is 0.733. The molecule has 18 heavy (non-hydrogen) atoms. The summed E-state index contributed by atoms with van der Waals surface area (Å²) in [5, 5.41) is 19.3. The number of nitrogens with zero attached hydrogens (tertiary/aromatic N) is 1. The molecule has 0 bridgehead atoms. The molecule has 0 aliphatic rings. The standard InChI is InChI=1S/C13H16ClNO2S/c1-12(2,16)13(3,4)17-18-11-6-9(8-15)5-10(14)7-11/h5-7,16H,1-4H3. The molecular formula is C13H16ClNO2S. The lowest BCUT2D eigenvalue weighted by atomic mass is 9.90. The zero-order valence-electron chi connectivity index (χ0n) is 10.8. The molecule has 0 aliphatic heterocycles. The summed E-state index contributed by atoms with van der Waals surface area (Å²) >= 11 is 7.00. The summed E-state index contributed by atoms with van der Waals surface area (Å²) in [7, 11) is 0. The van der Waals surface area contributed by atoms with Gasteiger partial charge in [0.25, 0.3) is 0 Å². The molecule has 1 aromatic rings. The van der Waals surface area contributed by atoms with Crippen LogP contribution in [0.5, 0.6) is 0 Å². The Labute approximate surface area is 117 Å². The zero-order valence-corrected chi connectivity index (χ0v) is 12.4. The Balaban J connectivity index is 2.82. The van der Waals surface area contributed by atoms with E-state index in [4.69, 9.17) is 21.0 Å². The smallest absolute Gasteiger partial charge is 0.106 e. The van der Waals surface area contributed by atoms with Crippen LogP contribution in [0.3, 0.4) is 0 Å². The Hall–Kier alpha value is -0.730. The van der Waals surface area contributed by atoms with Crippen molar-refractivity contribution in [3.8, 4) is 6.07 Å². The van der Waals surface area contributed by atoms with E-state index in [0.717, 1.165) is 16.9 Å². The Morgan fingerprint density at radius 2 is 1.89 bits per heavy atom. The second kappa shape index (κ2) is 5.50. The van der Waals surface area contributed by atoms with Gasteiger partial charge in [-0.3, -0.25) is 0 Å². The fourth-order valence-corrected chi connectivity index (χ4v) is 2.09. The minimum Gasteiger partial charge on any atom is -0.387 e. The lowest BCUT2D eigenvalue weighted by molar-refractivity contribution is -0.0813. The number of halogens is 1. The van der Waals surface area contributed by atoms with E-state index in [1.165, 1.54) is 0 Å². The highest BCUT2D eigenvalue weighted by atomic mass is 35.5. The van der Waals surface area contributed by atoms with Crippen LogP contribution in [-0.2, 0) is 4.18 Å². The Bertz CT molecular complexity index is 475. The zero-order chi connectivity index (χ0) is 14.0. The topological polar surface area (TPSA) is 53.2 Å². The van der Waals surface area contributed by atoms with Crippen molar-refractivity contribution in [2.24, 2.45) is 0 Å². The van der Waals surface area contributed by atoms with E-state index in [1.807, 2.05) is 6.07 Å². The third-order valence-corrected chi connectivity index (χ3v) is 3.97. The molecule has 0 amide bonds. The molecule has 5 heteroatoms. The first-order chi connectivity index (χ1) is 8.15. The highest BCUT2D eigenvalue weighted by Crippen LogP contribution is 2.34. The SMILES string of the molecule is CC(C)(O)C(C)(C)OSc1cc(Cl)cc(C#N)c1. The van der Waals surface area contributed by atoms with Gasteiger partial charge in [-0.2, -0.15) is 5.26 Å². The fraction of sp³-hybridized carbons (Fsp3) is 0.462. The van der Waals surface area contributed by atoms with Crippen LogP contribution in [0.15, 0.2) is 23.1 Å². The summed E-state index contributed by atoms with van der Waals surface area (Å²) in [5.74, 6) is 0. The molecule has 0 saturated heterocycles. The molecule has 0 unspecified atom stereocenters. The molecule has 3 nitrogen and oxygen atoms in total. The molecule has 0 radical (unpaired) electrons. The van der Waals surface area contributed by atoms with Crippen LogP contribution in [0, 0.1) is 11.3 Å². The van der Waals surface area contributed by atoms with Gasteiger partial charge in [0.15, 0.2) is 0 Å². The van der Waals surface area contributed by atoms with Crippen molar-refractivity contribution in [1.29, 1.82) is 5.26 Å². The summed E-state index contributed by atoms with van der Waals surface area (Å²) in [6, 6.07) is 7.03. The van der Waals surface area contributed by atoms with Gasteiger partial charge in [0.1, 0.15) is 5.60 Å². The van der Waals surface area contributed by atoms with Gasteiger partial charge in [-0.15, -0.1) is 0 Å². The van der Waals surface area contributed by atoms with Gasteiger partial charge in [-0.25, -0.2) is 0 Å². The van der Waals surface area contributed by atoms with E-state index in [-0.39, 0.29) is 0 Å². The molecular weight excluding hydrogens is 270 g/mol. The van der Waals surface area contributed by atoms with Gasteiger partial charge in [0, 0.05) is 22.0 Å². The highest BCUT2D eigenvalue weighted by molar-refractivity contribution is 7.94. The lowest BCUT2D eigenvalue weighted by Crippen LogP contribution is -2.45. The maximum absolute atomic E-state index is 9.96. The van der Waals surface area contributed by atoms with E-state index in [2.05, 4.69) is 0 Å². The van der Waals surface area contributed by atoms with Crippen molar-refractivity contribution in [3.05, 3.63) is 28.8 Å². The molecule has 0 atom stereocenters. The number of aliphatic hydroxyl groups is 1. The minimum atomic E-state index is -0.976. The molecule has 0 spiro atoms. The average Bonchev–Trinajstić information content (AvgIpc) is 2.24. The molecule has 1 N–H and O–H groups in total. The molecule has 0 fully saturated rings. The van der Waals surface area contributed by atoms with Crippen molar-refractivity contribution in [3.63, 3.8) is 0 Å². The van der Waals surface area contributed by atoms with E-state index < -0.39 is 11.2 Å². The number of nitriles is 1. The van der Waals surface area contributed by atoms with Gasteiger partial charge < -0.3 is 9.29 Å². The second-order valence-electron chi connectivity index (χ2n) is 5.02. The molecule has 1 rings (SSSR count). The third-order valence-electron chi connectivity index (χ3n) is 2.82. The van der Waals surface area contributed by atoms with Crippen LogP contribution in [0.1, 0.15) is 33.3 Å². The summed E-state index contributed by atoms with van der Waals surface area (Å²) < 4.78 is 5.63. The van der Waals surface area contributed by atoms with Crippen LogP contribution in [0.25, 0.3) is 0 Å². The van der Waals surface area contributed by atoms with Crippen LogP contribution < -0.4 is 0 Å². The summed E-state index contributed by atoms with van der Waals surface area (Å²) in [5.41, 5.74) is -1.22. The van der Waals surface area contributed by atoms with E-state index in [9.17, 15) is 5.11 Å². The van der Waals surface area contributed by atoms with E-state index in [0.29, 0.717) is 10.6 Å². The molecule has 0 saturated carbocycles. The van der Waals surface area contributed by atoms with Crippen molar-refractivity contribution in [2.75, 3.05) is 0 Å². The highest BCUT2D eigenvalue weighted by Gasteiger charge is 2.36. The largest absolute Gasteiger partial charge is 0.387 e. The van der Waals surface area contributed by atoms with Gasteiger partial charge >= 0.3 is 0 Å². The average molecular weight is 286 g/mol. The van der Waals surface area contributed by atoms with Gasteiger partial charge in [0.05, 0.1) is 17.2 Å².